The van der Waals surface area contributed by atoms with E-state index in [4.69, 9.17) is 4.74 Å². The van der Waals surface area contributed by atoms with Crippen molar-refractivity contribution in [3.63, 3.8) is 0 Å². The number of hydrogen-bond acceptors (Lipinski definition) is 4. The normalized spacial score (nSPS) is 39.3. The van der Waals surface area contributed by atoms with E-state index in [1.54, 1.807) is 0 Å². The number of methoxy groups -OCH3 is 1. The molecule has 3 aliphatic rings. The summed E-state index contributed by atoms with van der Waals surface area (Å²) in [5.41, 5.74) is 0.0139. The third-order valence-electron chi connectivity index (χ3n) is 5.44. The van der Waals surface area contributed by atoms with Gasteiger partial charge in [0.05, 0.1) is 13.2 Å². The molecule has 1 heterocycles. The zero-order valence-electron chi connectivity index (χ0n) is 12.8. The molecule has 2 N–H and O–H groups in total. The zero-order chi connectivity index (χ0) is 14.0. The van der Waals surface area contributed by atoms with Gasteiger partial charge in [-0.25, -0.2) is 0 Å². The van der Waals surface area contributed by atoms with Gasteiger partial charge in [-0.2, -0.15) is 0 Å². The van der Waals surface area contributed by atoms with Crippen molar-refractivity contribution in [2.75, 3.05) is 33.4 Å². The van der Waals surface area contributed by atoms with Crippen molar-refractivity contribution in [2.24, 2.45) is 5.92 Å². The molecule has 0 amide bonds. The van der Waals surface area contributed by atoms with E-state index >= 15 is 0 Å². The first-order valence-electron chi connectivity index (χ1n) is 8.36. The highest BCUT2D eigenvalue weighted by Crippen LogP contribution is 2.37. The van der Waals surface area contributed by atoms with E-state index in [-0.39, 0.29) is 5.54 Å². The summed E-state index contributed by atoms with van der Waals surface area (Å²) < 4.78 is 5.34. The smallest absolute Gasteiger partial charge is 0.0614 e. The fourth-order valence-corrected chi connectivity index (χ4v) is 4.19. The third kappa shape index (κ3) is 3.35. The maximum Gasteiger partial charge on any atom is 0.0614 e. The first kappa shape index (κ1) is 14.8. The summed E-state index contributed by atoms with van der Waals surface area (Å²) >= 11 is 0. The summed E-state index contributed by atoms with van der Waals surface area (Å²) in [7, 11) is 1.81. The molecule has 3 atom stereocenters. The molecule has 3 unspecified atom stereocenters. The number of likely N-dealkylation sites (tertiary alicyclic amines) is 1. The number of nitrogens with one attached hydrogen (secondary N) is 1. The SMILES string of the molecule is COCC1CCCN(C2CCC(CO)(NC3CC3)C2)C1. The van der Waals surface area contributed by atoms with Crippen LogP contribution in [0, 0.1) is 5.92 Å². The van der Waals surface area contributed by atoms with Crippen LogP contribution in [0.3, 0.4) is 0 Å². The predicted molar refractivity (Wildman–Crippen MR) is 79.8 cm³/mol. The Kier molecular flexibility index (Phi) is 4.65. The largest absolute Gasteiger partial charge is 0.394 e. The van der Waals surface area contributed by atoms with Gasteiger partial charge in [-0.1, -0.05) is 0 Å². The summed E-state index contributed by atoms with van der Waals surface area (Å²) in [5, 5.41) is 13.6. The second kappa shape index (κ2) is 6.30. The number of aliphatic hydroxyl groups is 1. The molecular weight excluding hydrogens is 252 g/mol. The summed E-state index contributed by atoms with van der Waals surface area (Å²) in [6, 6.07) is 1.34. The Balaban J connectivity index is 1.55. The van der Waals surface area contributed by atoms with Gasteiger partial charge in [-0.3, -0.25) is 4.90 Å². The maximum atomic E-state index is 9.84. The Morgan fingerprint density at radius 1 is 1.30 bits per heavy atom. The van der Waals surface area contributed by atoms with Gasteiger partial charge in [-0.05, 0) is 57.4 Å². The van der Waals surface area contributed by atoms with Crippen molar-refractivity contribution in [2.45, 2.75) is 62.6 Å². The first-order chi connectivity index (χ1) is 9.74. The molecule has 2 saturated carbocycles. The highest BCUT2D eigenvalue weighted by molar-refractivity contribution is 5.03. The van der Waals surface area contributed by atoms with Gasteiger partial charge in [0.15, 0.2) is 0 Å². The van der Waals surface area contributed by atoms with E-state index in [0.717, 1.165) is 19.4 Å². The van der Waals surface area contributed by atoms with Gasteiger partial charge < -0.3 is 15.2 Å². The fraction of sp³-hybridized carbons (Fsp3) is 1.00. The minimum atomic E-state index is 0.0139. The van der Waals surface area contributed by atoms with Gasteiger partial charge in [-0.15, -0.1) is 0 Å². The third-order valence-corrected chi connectivity index (χ3v) is 5.44. The van der Waals surface area contributed by atoms with Crippen molar-refractivity contribution >= 4 is 0 Å². The van der Waals surface area contributed by atoms with Crippen LogP contribution in [0.1, 0.15) is 44.9 Å². The van der Waals surface area contributed by atoms with Crippen LogP contribution in [0.25, 0.3) is 0 Å². The summed E-state index contributed by atoms with van der Waals surface area (Å²) in [4.78, 5) is 2.67. The molecule has 4 heteroatoms. The van der Waals surface area contributed by atoms with Crippen LogP contribution in [-0.2, 0) is 4.74 Å². The standard InChI is InChI=1S/C16H30N2O2/c1-20-11-13-3-2-8-18(10-13)15-6-7-16(9-15,12-19)17-14-4-5-14/h13-15,17,19H,2-12H2,1H3. The van der Waals surface area contributed by atoms with Gasteiger partial charge >= 0.3 is 0 Å². The van der Waals surface area contributed by atoms with Crippen LogP contribution in [0.15, 0.2) is 0 Å². The van der Waals surface area contributed by atoms with Crippen LogP contribution in [0.5, 0.6) is 0 Å². The molecule has 2 aliphatic carbocycles. The number of hydrogen-bond donors (Lipinski definition) is 2. The number of ether oxygens (including phenoxy) is 1. The van der Waals surface area contributed by atoms with Crippen molar-refractivity contribution < 1.29 is 9.84 Å². The van der Waals surface area contributed by atoms with Gasteiger partial charge in [0.1, 0.15) is 0 Å². The molecule has 0 radical (unpaired) electrons. The van der Waals surface area contributed by atoms with E-state index < -0.39 is 0 Å². The molecule has 3 rings (SSSR count). The molecule has 1 aliphatic heterocycles. The molecule has 0 aromatic heterocycles. The van der Waals surface area contributed by atoms with Crippen molar-refractivity contribution in [3.8, 4) is 0 Å². The Morgan fingerprint density at radius 2 is 2.15 bits per heavy atom. The summed E-state index contributed by atoms with van der Waals surface area (Å²) in [6.45, 7) is 3.61. The van der Waals surface area contributed by atoms with E-state index in [1.165, 1.54) is 45.2 Å². The first-order valence-corrected chi connectivity index (χ1v) is 8.36. The number of aliphatic hydroxyl groups excluding tert-OH is 1. The molecule has 116 valence electrons. The Bertz CT molecular complexity index is 320. The van der Waals surface area contributed by atoms with Crippen LogP contribution < -0.4 is 5.32 Å². The minimum absolute atomic E-state index is 0.0139. The Labute approximate surface area is 122 Å². The predicted octanol–water partition coefficient (Wildman–Crippen LogP) is 1.38. The molecule has 0 aromatic carbocycles. The van der Waals surface area contributed by atoms with Gasteiger partial charge in [0.2, 0.25) is 0 Å². The number of nitrogens with zero attached hydrogens (tertiary/aromatic N) is 1. The van der Waals surface area contributed by atoms with Crippen LogP contribution in [-0.4, -0.2) is 61.0 Å². The van der Waals surface area contributed by atoms with E-state index in [1.807, 2.05) is 7.11 Å². The average molecular weight is 282 g/mol. The van der Waals surface area contributed by atoms with E-state index in [0.29, 0.717) is 24.6 Å². The zero-order valence-corrected chi connectivity index (χ0v) is 12.8. The topological polar surface area (TPSA) is 44.7 Å². The molecule has 20 heavy (non-hydrogen) atoms. The van der Waals surface area contributed by atoms with E-state index in [2.05, 4.69) is 10.2 Å². The molecule has 3 fully saturated rings. The number of piperidine rings is 1. The van der Waals surface area contributed by atoms with Crippen LogP contribution in [0.2, 0.25) is 0 Å². The monoisotopic (exact) mass is 282 g/mol. The second-order valence-corrected chi connectivity index (χ2v) is 7.21. The lowest BCUT2D eigenvalue weighted by Gasteiger charge is -2.38. The average Bonchev–Trinajstić information content (AvgIpc) is 3.17. The maximum absolute atomic E-state index is 9.84. The van der Waals surface area contributed by atoms with E-state index in [9.17, 15) is 5.11 Å². The summed E-state index contributed by atoms with van der Waals surface area (Å²) in [5.74, 6) is 0.703. The molecule has 0 bridgehead atoms. The fourth-order valence-electron chi connectivity index (χ4n) is 4.19. The van der Waals surface area contributed by atoms with Crippen molar-refractivity contribution in [1.29, 1.82) is 0 Å². The van der Waals surface area contributed by atoms with Crippen LogP contribution >= 0.6 is 0 Å². The molecule has 1 saturated heterocycles. The highest BCUT2D eigenvalue weighted by atomic mass is 16.5. The van der Waals surface area contributed by atoms with Crippen molar-refractivity contribution in [1.82, 2.24) is 10.2 Å². The molecule has 0 aromatic rings. The minimum Gasteiger partial charge on any atom is -0.394 e. The Hall–Kier alpha value is -0.160. The van der Waals surface area contributed by atoms with Crippen molar-refractivity contribution in [3.05, 3.63) is 0 Å². The lowest BCUT2D eigenvalue weighted by atomic mass is 9.95. The molecular formula is C16H30N2O2. The lowest BCUT2D eigenvalue weighted by molar-refractivity contribution is 0.0643. The lowest BCUT2D eigenvalue weighted by Crippen LogP contribution is -2.50. The van der Waals surface area contributed by atoms with Gasteiger partial charge in [0.25, 0.3) is 0 Å². The summed E-state index contributed by atoms with van der Waals surface area (Å²) in [6.07, 6.45) is 8.70. The van der Waals surface area contributed by atoms with Crippen LogP contribution in [0.4, 0.5) is 0 Å². The number of rotatable bonds is 6. The Morgan fingerprint density at radius 3 is 2.85 bits per heavy atom. The highest BCUT2D eigenvalue weighted by Gasteiger charge is 2.44. The molecule has 0 spiro atoms. The quantitative estimate of drug-likeness (QED) is 0.772. The molecule has 4 nitrogen and oxygen atoms in total. The second-order valence-electron chi connectivity index (χ2n) is 7.21. The van der Waals surface area contributed by atoms with Gasteiger partial charge in [0, 0.05) is 31.3 Å².